The summed E-state index contributed by atoms with van der Waals surface area (Å²) in [6.07, 6.45) is 0.846. The summed E-state index contributed by atoms with van der Waals surface area (Å²) in [6.45, 7) is 1.73. The van der Waals surface area contributed by atoms with Crippen LogP contribution in [0.15, 0.2) is 27.1 Å². The molecule has 0 fully saturated rings. The lowest BCUT2D eigenvalue weighted by molar-refractivity contribution is 0.344. The predicted molar refractivity (Wildman–Crippen MR) is 73.8 cm³/mol. The molecule has 5 nitrogen and oxygen atoms in total. The molecule has 0 saturated heterocycles. The smallest absolute Gasteiger partial charge is 0.267 e. The van der Waals surface area contributed by atoms with E-state index in [1.807, 2.05) is 0 Å². The van der Waals surface area contributed by atoms with Gasteiger partial charge in [0.25, 0.3) is 0 Å². The van der Waals surface area contributed by atoms with Gasteiger partial charge in [-0.25, -0.2) is 0 Å². The van der Waals surface area contributed by atoms with Crippen LogP contribution in [0, 0.1) is 18.3 Å². The van der Waals surface area contributed by atoms with Crippen molar-refractivity contribution in [2.24, 2.45) is 5.16 Å². The van der Waals surface area contributed by atoms with E-state index in [-0.39, 0.29) is 5.71 Å². The summed E-state index contributed by atoms with van der Waals surface area (Å²) in [5.41, 5.74) is 0.980. The molecule has 0 aromatic heterocycles. The van der Waals surface area contributed by atoms with E-state index in [1.165, 1.54) is 0 Å². The summed E-state index contributed by atoms with van der Waals surface area (Å²) in [5, 5.41) is 12.3. The number of nitriles is 1. The molecule has 0 bridgehead atoms. The maximum atomic E-state index is 10.8. The standard InChI is InChI=1S/C10H10N2O3S3/c1-6-7(3-4-9(16)10(6)17)8(5-11)12-15-18(2,13)14/h3-4,16-17H,1-2H3. The topological polar surface area (TPSA) is 79.5 Å². The second-order valence-corrected chi connectivity index (χ2v) is 5.92. The summed E-state index contributed by atoms with van der Waals surface area (Å²) in [6, 6.07) is 5.02. The van der Waals surface area contributed by atoms with Crippen LogP contribution in [-0.4, -0.2) is 20.4 Å². The van der Waals surface area contributed by atoms with E-state index in [0.29, 0.717) is 20.9 Å². The van der Waals surface area contributed by atoms with Gasteiger partial charge in [-0.15, -0.1) is 25.3 Å². The van der Waals surface area contributed by atoms with E-state index < -0.39 is 10.1 Å². The molecule has 8 heteroatoms. The number of oxime groups is 1. The Morgan fingerprint density at radius 1 is 1.44 bits per heavy atom. The summed E-state index contributed by atoms with van der Waals surface area (Å²) >= 11 is 8.42. The van der Waals surface area contributed by atoms with E-state index in [2.05, 4.69) is 34.7 Å². The number of thiol groups is 2. The fourth-order valence-electron chi connectivity index (χ4n) is 1.18. The monoisotopic (exact) mass is 302 g/mol. The van der Waals surface area contributed by atoms with Crippen LogP contribution in [0.5, 0.6) is 0 Å². The third-order valence-electron chi connectivity index (χ3n) is 2.03. The minimum absolute atomic E-state index is 0.137. The lowest BCUT2D eigenvalue weighted by Crippen LogP contribution is -2.05. The number of nitrogens with zero attached hydrogens (tertiary/aromatic N) is 2. The zero-order valence-electron chi connectivity index (χ0n) is 9.58. The Balaban J connectivity index is 3.28. The molecule has 1 aromatic carbocycles. The molecule has 1 rings (SSSR count). The minimum Gasteiger partial charge on any atom is -0.267 e. The highest BCUT2D eigenvalue weighted by Gasteiger charge is 2.12. The van der Waals surface area contributed by atoms with Crippen molar-refractivity contribution in [1.82, 2.24) is 0 Å². The van der Waals surface area contributed by atoms with E-state index in [9.17, 15) is 8.42 Å². The zero-order valence-corrected chi connectivity index (χ0v) is 12.2. The Morgan fingerprint density at radius 3 is 2.56 bits per heavy atom. The fourth-order valence-corrected chi connectivity index (χ4v) is 1.82. The third kappa shape index (κ3) is 3.66. The van der Waals surface area contributed by atoms with Crippen molar-refractivity contribution in [3.63, 3.8) is 0 Å². The van der Waals surface area contributed by atoms with Crippen LogP contribution in [0.25, 0.3) is 0 Å². The second kappa shape index (κ2) is 5.65. The van der Waals surface area contributed by atoms with Gasteiger partial charge in [0.1, 0.15) is 6.07 Å². The number of benzene rings is 1. The average molecular weight is 302 g/mol. The fraction of sp³-hybridized carbons (Fsp3) is 0.200. The van der Waals surface area contributed by atoms with Crippen LogP contribution in [0.1, 0.15) is 11.1 Å². The summed E-state index contributed by atoms with van der Waals surface area (Å²) < 4.78 is 25.9. The first-order valence-electron chi connectivity index (χ1n) is 4.65. The van der Waals surface area contributed by atoms with Crippen molar-refractivity contribution >= 4 is 41.1 Å². The van der Waals surface area contributed by atoms with Gasteiger partial charge in [0, 0.05) is 15.4 Å². The third-order valence-corrected chi connectivity index (χ3v) is 3.51. The van der Waals surface area contributed by atoms with Gasteiger partial charge in [-0.3, -0.25) is 4.28 Å². The highest BCUT2D eigenvalue weighted by Crippen LogP contribution is 2.25. The molecule has 0 unspecified atom stereocenters. The molecule has 0 atom stereocenters. The van der Waals surface area contributed by atoms with Crippen LogP contribution in [0.3, 0.4) is 0 Å². The maximum absolute atomic E-state index is 10.8. The molecule has 1 aromatic rings. The highest BCUT2D eigenvalue weighted by molar-refractivity contribution is 7.86. The first-order valence-corrected chi connectivity index (χ1v) is 7.36. The largest absolute Gasteiger partial charge is 0.325 e. The molecular formula is C10H10N2O3S3. The van der Waals surface area contributed by atoms with Crippen molar-refractivity contribution in [1.29, 1.82) is 5.26 Å². The van der Waals surface area contributed by atoms with Gasteiger partial charge in [0.15, 0.2) is 5.71 Å². The minimum atomic E-state index is -3.74. The van der Waals surface area contributed by atoms with E-state index in [4.69, 9.17) is 5.26 Å². The predicted octanol–water partition coefficient (Wildman–Crippen LogP) is 1.78. The van der Waals surface area contributed by atoms with Crippen LogP contribution in [-0.2, 0) is 14.4 Å². The molecular weight excluding hydrogens is 292 g/mol. The lowest BCUT2D eigenvalue weighted by Gasteiger charge is -2.07. The SMILES string of the molecule is Cc1c(C(C#N)=NOS(C)(=O)=O)ccc(S)c1S. The van der Waals surface area contributed by atoms with Crippen molar-refractivity contribution in [2.45, 2.75) is 16.7 Å². The average Bonchev–Trinajstić information content (AvgIpc) is 2.28. The van der Waals surface area contributed by atoms with E-state index in [0.717, 1.165) is 6.26 Å². The molecule has 0 radical (unpaired) electrons. The molecule has 0 N–H and O–H groups in total. The molecule has 0 aliphatic heterocycles. The van der Waals surface area contributed by atoms with Crippen LogP contribution < -0.4 is 0 Å². The summed E-state index contributed by atoms with van der Waals surface area (Å²) in [4.78, 5) is 1.25. The first-order chi connectivity index (χ1) is 8.26. The molecule has 0 heterocycles. The second-order valence-electron chi connectivity index (χ2n) is 3.44. The van der Waals surface area contributed by atoms with Gasteiger partial charge in [-0.2, -0.15) is 13.7 Å². The van der Waals surface area contributed by atoms with Crippen molar-refractivity contribution in [2.75, 3.05) is 6.26 Å². The maximum Gasteiger partial charge on any atom is 0.325 e. The quantitative estimate of drug-likeness (QED) is 0.507. The Bertz CT molecular complexity index is 645. The van der Waals surface area contributed by atoms with Gasteiger partial charge in [-0.05, 0) is 18.6 Å². The molecule has 0 spiro atoms. The first kappa shape index (κ1) is 14.9. The Hall–Kier alpha value is -1.17. The number of hydrogen-bond acceptors (Lipinski definition) is 7. The molecule has 18 heavy (non-hydrogen) atoms. The Morgan fingerprint density at radius 2 is 2.06 bits per heavy atom. The van der Waals surface area contributed by atoms with Crippen LogP contribution in [0.2, 0.25) is 0 Å². The number of rotatable bonds is 3. The molecule has 0 saturated carbocycles. The van der Waals surface area contributed by atoms with E-state index in [1.54, 1.807) is 25.1 Å². The van der Waals surface area contributed by atoms with Gasteiger partial charge < -0.3 is 0 Å². The Labute approximate surface area is 116 Å². The van der Waals surface area contributed by atoms with E-state index >= 15 is 0 Å². The van der Waals surface area contributed by atoms with Crippen molar-refractivity contribution < 1.29 is 12.7 Å². The molecule has 96 valence electrons. The van der Waals surface area contributed by atoms with Crippen LogP contribution in [0.4, 0.5) is 0 Å². The zero-order chi connectivity index (χ0) is 13.9. The van der Waals surface area contributed by atoms with Crippen molar-refractivity contribution in [3.8, 4) is 6.07 Å². The molecule has 0 aliphatic rings. The van der Waals surface area contributed by atoms with Gasteiger partial charge in [-0.1, -0.05) is 11.2 Å². The summed E-state index contributed by atoms with van der Waals surface area (Å²) in [7, 11) is -3.74. The van der Waals surface area contributed by atoms with Crippen molar-refractivity contribution in [3.05, 3.63) is 23.3 Å². The molecule has 0 amide bonds. The van der Waals surface area contributed by atoms with Gasteiger partial charge in [0.2, 0.25) is 0 Å². The lowest BCUT2D eigenvalue weighted by atomic mass is 10.1. The van der Waals surface area contributed by atoms with Crippen LogP contribution >= 0.6 is 25.3 Å². The highest BCUT2D eigenvalue weighted by atomic mass is 32.2. The Kier molecular flexibility index (Phi) is 4.67. The number of hydrogen-bond donors (Lipinski definition) is 2. The van der Waals surface area contributed by atoms with Gasteiger partial charge in [0.05, 0.1) is 6.26 Å². The normalized spacial score (nSPS) is 12.1. The molecule has 0 aliphatic carbocycles. The van der Waals surface area contributed by atoms with Gasteiger partial charge >= 0.3 is 10.1 Å². The summed E-state index contributed by atoms with van der Waals surface area (Å²) in [5.74, 6) is 0.